The number of amides is 1. The van der Waals surface area contributed by atoms with E-state index >= 15 is 0 Å². The van der Waals surface area contributed by atoms with Crippen molar-refractivity contribution >= 4 is 11.9 Å². The number of aliphatic hydroxyl groups is 1. The normalized spacial score (nSPS) is 19.4. The number of hydrogen-bond donors (Lipinski definition) is 2. The van der Waals surface area contributed by atoms with E-state index in [2.05, 4.69) is 10.3 Å². The molecule has 0 saturated carbocycles. The Morgan fingerprint density at radius 3 is 2.95 bits per heavy atom. The number of carboxylic acid groups (broad SMARTS) is 1. The van der Waals surface area contributed by atoms with E-state index in [9.17, 15) is 9.59 Å². The lowest BCUT2D eigenvalue weighted by Gasteiger charge is -2.31. The highest BCUT2D eigenvalue weighted by molar-refractivity contribution is 5.84. The molecule has 1 fully saturated rings. The summed E-state index contributed by atoms with van der Waals surface area (Å²) >= 11 is 0. The second kappa shape index (κ2) is 5.76. The molecule has 2 N–H and O–H groups in total. The summed E-state index contributed by atoms with van der Waals surface area (Å²) in [6, 6.07) is 0. The minimum absolute atomic E-state index is 0.0849. The van der Waals surface area contributed by atoms with Gasteiger partial charge in [0.2, 0.25) is 5.91 Å². The summed E-state index contributed by atoms with van der Waals surface area (Å²) in [6.45, 7) is 0.898. The van der Waals surface area contributed by atoms with Crippen molar-refractivity contribution in [2.24, 2.45) is 0 Å². The second-order valence-electron chi connectivity index (χ2n) is 4.12. The van der Waals surface area contributed by atoms with E-state index in [0.29, 0.717) is 19.7 Å². The van der Waals surface area contributed by atoms with Gasteiger partial charge in [-0.2, -0.15) is 0 Å². The fourth-order valence-electron chi connectivity index (χ4n) is 1.77. The molecule has 1 aromatic rings. The first kappa shape index (κ1) is 13.4. The number of carbonyl (C=O) groups excluding carboxylic acids is 1. The Kier molecular flexibility index (Phi) is 4.07. The standard InChI is InChI=1S/C10H14N4O5/c15-6-7-3-13(1-2-19-7)9(16)5-14-4-8(10(17)18)11-12-14/h4,7,15H,1-3,5-6H2,(H,17,18). The number of aromatic carboxylic acids is 1. The van der Waals surface area contributed by atoms with Gasteiger partial charge in [0.25, 0.3) is 0 Å². The molecule has 0 bridgehead atoms. The van der Waals surface area contributed by atoms with Crippen molar-refractivity contribution in [3.05, 3.63) is 11.9 Å². The minimum Gasteiger partial charge on any atom is -0.476 e. The van der Waals surface area contributed by atoms with Crippen LogP contribution in [0.15, 0.2) is 6.20 Å². The average Bonchev–Trinajstić information content (AvgIpc) is 2.87. The number of carbonyl (C=O) groups is 2. The summed E-state index contributed by atoms with van der Waals surface area (Å²) in [4.78, 5) is 24.1. The molecule has 1 aliphatic heterocycles. The SMILES string of the molecule is O=C(O)c1cn(CC(=O)N2CCOC(CO)C2)nn1. The zero-order chi connectivity index (χ0) is 13.8. The lowest BCUT2D eigenvalue weighted by atomic mass is 10.3. The summed E-state index contributed by atoms with van der Waals surface area (Å²) < 4.78 is 6.41. The van der Waals surface area contributed by atoms with Crippen LogP contribution in [0.2, 0.25) is 0 Å². The summed E-state index contributed by atoms with van der Waals surface area (Å²) in [5, 5.41) is 24.7. The number of aliphatic hydroxyl groups excluding tert-OH is 1. The van der Waals surface area contributed by atoms with Crippen molar-refractivity contribution < 1.29 is 24.5 Å². The van der Waals surface area contributed by atoms with Gasteiger partial charge in [0.15, 0.2) is 5.69 Å². The summed E-state index contributed by atoms with van der Waals surface area (Å²) in [5.74, 6) is -1.41. The number of rotatable bonds is 4. The van der Waals surface area contributed by atoms with Gasteiger partial charge in [-0.05, 0) is 0 Å². The molecule has 1 saturated heterocycles. The van der Waals surface area contributed by atoms with Crippen LogP contribution >= 0.6 is 0 Å². The number of hydrogen-bond acceptors (Lipinski definition) is 6. The van der Waals surface area contributed by atoms with Crippen molar-refractivity contribution in [3.63, 3.8) is 0 Å². The molecular formula is C10H14N4O5. The van der Waals surface area contributed by atoms with E-state index in [1.54, 1.807) is 4.90 Å². The van der Waals surface area contributed by atoms with Crippen molar-refractivity contribution in [2.45, 2.75) is 12.6 Å². The third-order valence-electron chi connectivity index (χ3n) is 2.75. The fourth-order valence-corrected chi connectivity index (χ4v) is 1.77. The van der Waals surface area contributed by atoms with Crippen LogP contribution in [-0.2, 0) is 16.1 Å². The first-order valence-corrected chi connectivity index (χ1v) is 5.74. The molecule has 1 aromatic heterocycles. The maximum Gasteiger partial charge on any atom is 0.358 e. The summed E-state index contributed by atoms with van der Waals surface area (Å²) in [6.07, 6.45) is 0.826. The first-order chi connectivity index (χ1) is 9.10. The third-order valence-corrected chi connectivity index (χ3v) is 2.75. The van der Waals surface area contributed by atoms with Gasteiger partial charge < -0.3 is 19.8 Å². The maximum absolute atomic E-state index is 12.0. The molecule has 9 heteroatoms. The molecule has 0 spiro atoms. The highest BCUT2D eigenvalue weighted by atomic mass is 16.5. The van der Waals surface area contributed by atoms with Crippen molar-refractivity contribution in [1.82, 2.24) is 19.9 Å². The van der Waals surface area contributed by atoms with E-state index in [-0.39, 0.29) is 30.9 Å². The molecule has 9 nitrogen and oxygen atoms in total. The van der Waals surface area contributed by atoms with Crippen LogP contribution in [0.25, 0.3) is 0 Å². The van der Waals surface area contributed by atoms with E-state index in [0.717, 1.165) is 0 Å². The predicted molar refractivity (Wildman–Crippen MR) is 60.4 cm³/mol. The molecule has 2 rings (SSSR count). The van der Waals surface area contributed by atoms with Crippen LogP contribution in [0.4, 0.5) is 0 Å². The Bertz CT molecular complexity index is 474. The van der Waals surface area contributed by atoms with Crippen LogP contribution in [0.1, 0.15) is 10.5 Å². The highest BCUT2D eigenvalue weighted by Crippen LogP contribution is 2.06. The van der Waals surface area contributed by atoms with Crippen LogP contribution in [0, 0.1) is 0 Å². The quantitative estimate of drug-likeness (QED) is 0.662. The van der Waals surface area contributed by atoms with E-state index in [1.807, 2.05) is 0 Å². The third kappa shape index (κ3) is 3.26. The molecule has 1 aliphatic rings. The lowest BCUT2D eigenvalue weighted by molar-refractivity contribution is -0.141. The van der Waals surface area contributed by atoms with Crippen molar-refractivity contribution in [3.8, 4) is 0 Å². The lowest BCUT2D eigenvalue weighted by Crippen LogP contribution is -2.47. The van der Waals surface area contributed by atoms with E-state index < -0.39 is 5.97 Å². The Labute approximate surface area is 108 Å². The average molecular weight is 270 g/mol. The van der Waals surface area contributed by atoms with Crippen LogP contribution in [-0.4, -0.2) is 74.4 Å². The Morgan fingerprint density at radius 2 is 2.32 bits per heavy atom. The zero-order valence-electron chi connectivity index (χ0n) is 10.1. The van der Waals surface area contributed by atoms with E-state index in [1.165, 1.54) is 10.9 Å². The molecule has 2 heterocycles. The van der Waals surface area contributed by atoms with E-state index in [4.69, 9.17) is 14.9 Å². The molecule has 0 aromatic carbocycles. The predicted octanol–water partition coefficient (Wildman–Crippen LogP) is -1.80. The molecule has 0 aliphatic carbocycles. The molecule has 0 radical (unpaired) electrons. The zero-order valence-corrected chi connectivity index (χ0v) is 10.1. The Balaban J connectivity index is 1.94. The molecule has 1 unspecified atom stereocenters. The van der Waals surface area contributed by atoms with Gasteiger partial charge in [-0.15, -0.1) is 5.10 Å². The first-order valence-electron chi connectivity index (χ1n) is 5.74. The maximum atomic E-state index is 12.0. The van der Waals surface area contributed by atoms with Crippen LogP contribution < -0.4 is 0 Å². The number of carboxylic acids is 1. The minimum atomic E-state index is -1.19. The fraction of sp³-hybridized carbons (Fsp3) is 0.600. The van der Waals surface area contributed by atoms with Crippen LogP contribution in [0.3, 0.4) is 0 Å². The number of nitrogens with zero attached hydrogens (tertiary/aromatic N) is 4. The number of ether oxygens (including phenoxy) is 1. The molecule has 1 amide bonds. The van der Waals surface area contributed by atoms with Crippen LogP contribution in [0.5, 0.6) is 0 Å². The van der Waals surface area contributed by atoms with Gasteiger partial charge >= 0.3 is 5.97 Å². The smallest absolute Gasteiger partial charge is 0.358 e. The molecule has 104 valence electrons. The van der Waals surface area contributed by atoms with Gasteiger partial charge in [-0.3, -0.25) is 4.79 Å². The van der Waals surface area contributed by atoms with Crippen molar-refractivity contribution in [1.29, 1.82) is 0 Å². The molecular weight excluding hydrogens is 256 g/mol. The van der Waals surface area contributed by atoms with Gasteiger partial charge in [0.05, 0.1) is 25.5 Å². The second-order valence-corrected chi connectivity index (χ2v) is 4.12. The van der Waals surface area contributed by atoms with Gasteiger partial charge in [-0.25, -0.2) is 9.48 Å². The number of aromatic nitrogens is 3. The Hall–Kier alpha value is -2.00. The monoisotopic (exact) mass is 270 g/mol. The molecule has 19 heavy (non-hydrogen) atoms. The van der Waals surface area contributed by atoms with Gasteiger partial charge in [0, 0.05) is 13.1 Å². The Morgan fingerprint density at radius 1 is 1.53 bits per heavy atom. The van der Waals surface area contributed by atoms with Gasteiger partial charge in [-0.1, -0.05) is 5.21 Å². The van der Waals surface area contributed by atoms with Gasteiger partial charge in [0.1, 0.15) is 6.54 Å². The summed E-state index contributed by atoms with van der Waals surface area (Å²) in [7, 11) is 0. The largest absolute Gasteiger partial charge is 0.476 e. The number of morpholine rings is 1. The molecule has 1 atom stereocenters. The highest BCUT2D eigenvalue weighted by Gasteiger charge is 2.24. The topological polar surface area (TPSA) is 118 Å². The van der Waals surface area contributed by atoms with Crippen molar-refractivity contribution in [2.75, 3.05) is 26.3 Å². The summed E-state index contributed by atoms with van der Waals surface area (Å²) in [5.41, 5.74) is -0.206.